The lowest BCUT2D eigenvalue weighted by molar-refractivity contribution is 0.323. The Morgan fingerprint density at radius 1 is 1.13 bits per heavy atom. The number of ether oxygens (including phenoxy) is 1. The van der Waals surface area contributed by atoms with E-state index < -0.39 is 5.56 Å². The minimum Gasteiger partial charge on any atom is -0.477 e. The van der Waals surface area contributed by atoms with Crippen LogP contribution in [-0.4, -0.2) is 30.9 Å². The highest BCUT2D eigenvalue weighted by Crippen LogP contribution is 2.28. The summed E-state index contributed by atoms with van der Waals surface area (Å²) in [4.78, 5) is 26.1. The maximum atomic E-state index is 12.6. The number of aromatic amines is 2. The number of H-pyrrole nitrogens is 2. The third kappa shape index (κ3) is 3.27. The van der Waals surface area contributed by atoms with Crippen LogP contribution in [0.4, 0.5) is 11.6 Å². The van der Waals surface area contributed by atoms with E-state index in [1.807, 2.05) is 30.3 Å². The van der Waals surface area contributed by atoms with E-state index in [0.29, 0.717) is 5.69 Å². The van der Waals surface area contributed by atoms with Crippen molar-refractivity contribution in [3.8, 4) is 29.3 Å². The van der Waals surface area contributed by atoms with Gasteiger partial charge in [-0.25, -0.2) is 4.98 Å². The number of hydrogen-bond donors (Lipinski definition) is 2. The van der Waals surface area contributed by atoms with Crippen molar-refractivity contribution in [1.82, 2.24) is 24.3 Å². The van der Waals surface area contributed by atoms with Crippen LogP contribution in [0.1, 0.15) is 18.3 Å². The number of rotatable bonds is 5. The third-order valence-corrected chi connectivity index (χ3v) is 4.07. The van der Waals surface area contributed by atoms with Crippen molar-refractivity contribution >= 4 is 17.4 Å². The number of nitrogens with one attached hydrogen (secondary N) is 2. The molecule has 0 saturated heterocycles. The number of imidazole rings is 2. The largest absolute Gasteiger partial charge is 0.477 e. The van der Waals surface area contributed by atoms with E-state index in [9.17, 15) is 4.79 Å². The lowest BCUT2D eigenvalue weighted by atomic mass is 10.2. The maximum absolute atomic E-state index is 12.6. The molecule has 0 aliphatic carbocycles. The van der Waals surface area contributed by atoms with Gasteiger partial charge in [0.15, 0.2) is 11.4 Å². The zero-order valence-electron chi connectivity index (χ0n) is 15.6. The molecule has 0 spiro atoms. The van der Waals surface area contributed by atoms with Gasteiger partial charge in [0.2, 0.25) is 23.3 Å². The Morgan fingerprint density at radius 2 is 1.93 bits per heavy atom. The molecule has 4 rings (SSSR count). The molecule has 0 radical (unpaired) electrons. The molecule has 11 heteroatoms. The van der Waals surface area contributed by atoms with Gasteiger partial charge in [0, 0.05) is 11.8 Å². The van der Waals surface area contributed by atoms with E-state index in [2.05, 4.69) is 30.2 Å². The van der Waals surface area contributed by atoms with Crippen LogP contribution < -0.4 is 10.3 Å². The van der Waals surface area contributed by atoms with Crippen molar-refractivity contribution in [3.63, 3.8) is 0 Å². The highest BCUT2D eigenvalue weighted by molar-refractivity contribution is 5.63. The second-order valence-electron chi connectivity index (χ2n) is 5.93. The molecule has 0 saturated carbocycles. The minimum absolute atomic E-state index is 0.0389. The van der Waals surface area contributed by atoms with Crippen molar-refractivity contribution in [3.05, 3.63) is 58.3 Å². The molecule has 11 nitrogen and oxygen atoms in total. The first-order valence-electron chi connectivity index (χ1n) is 8.80. The van der Waals surface area contributed by atoms with Crippen molar-refractivity contribution < 1.29 is 4.74 Å². The molecule has 30 heavy (non-hydrogen) atoms. The summed E-state index contributed by atoms with van der Waals surface area (Å²) in [6.07, 6.45) is 1.72. The smallest absolute Gasteiger partial charge is 0.284 e. The summed E-state index contributed by atoms with van der Waals surface area (Å²) in [5, 5.41) is 25.8. The highest BCUT2D eigenvalue weighted by Gasteiger charge is 2.17. The first-order chi connectivity index (χ1) is 14.6. The molecule has 2 N–H and O–H groups in total. The number of benzene rings is 1. The third-order valence-electron chi connectivity index (χ3n) is 4.07. The Bertz CT molecular complexity index is 1370. The van der Waals surface area contributed by atoms with Gasteiger partial charge in [-0.1, -0.05) is 30.3 Å². The monoisotopic (exact) mass is 399 g/mol. The fourth-order valence-corrected chi connectivity index (χ4v) is 2.77. The quantitative estimate of drug-likeness (QED) is 0.490. The maximum Gasteiger partial charge on any atom is 0.284 e. The lowest BCUT2D eigenvalue weighted by Crippen LogP contribution is -2.12. The average molecular weight is 399 g/mol. The van der Waals surface area contributed by atoms with Gasteiger partial charge in [0.05, 0.1) is 12.3 Å². The average Bonchev–Trinajstić information content (AvgIpc) is 3.37. The van der Waals surface area contributed by atoms with E-state index in [1.54, 1.807) is 29.7 Å². The number of fused-ring (bicyclic) bond motifs is 1. The molecule has 0 fully saturated rings. The van der Waals surface area contributed by atoms with Gasteiger partial charge >= 0.3 is 0 Å². The van der Waals surface area contributed by atoms with Crippen molar-refractivity contribution in [2.45, 2.75) is 6.92 Å². The predicted molar refractivity (Wildman–Crippen MR) is 105 cm³/mol. The second-order valence-corrected chi connectivity index (χ2v) is 5.93. The molecule has 0 unspecified atom stereocenters. The normalized spacial score (nSPS) is 10.9. The van der Waals surface area contributed by atoms with Gasteiger partial charge in [-0.15, -0.1) is 10.2 Å². The summed E-state index contributed by atoms with van der Waals surface area (Å²) >= 11 is 0. The molecular formula is C19H13N9O2. The Hall–Kier alpha value is -4.77. The predicted octanol–water partition coefficient (Wildman–Crippen LogP) is 2.97. The van der Waals surface area contributed by atoms with Crippen LogP contribution in [0.25, 0.3) is 17.0 Å². The zero-order chi connectivity index (χ0) is 21.1. The summed E-state index contributed by atoms with van der Waals surface area (Å²) in [7, 11) is 0. The summed E-state index contributed by atoms with van der Waals surface area (Å²) in [5.41, 5.74) is 0.703. The van der Waals surface area contributed by atoms with Gasteiger partial charge < -0.3 is 9.72 Å². The van der Waals surface area contributed by atoms with E-state index in [-0.39, 0.29) is 41.3 Å². The molecule has 4 aromatic rings. The molecule has 3 aromatic heterocycles. The lowest BCUT2D eigenvalue weighted by Gasteiger charge is -2.07. The van der Waals surface area contributed by atoms with E-state index in [4.69, 9.17) is 15.3 Å². The molecule has 146 valence electrons. The summed E-state index contributed by atoms with van der Waals surface area (Å²) < 4.78 is 7.23. The first kappa shape index (κ1) is 18.6. The van der Waals surface area contributed by atoms with Crippen LogP contribution in [0.3, 0.4) is 0 Å². The standard InChI is InChI=1S/C19H13N9O2/c1-2-30-17-15(26-27-18-22-12(8-20)13(9-21)23-18)16(29)25-19-24-14(10-28(17)19)11-6-4-3-5-7-11/h3-7,10H,2H2,1H3,(H,22,23)(H,24,25,29). The van der Waals surface area contributed by atoms with Gasteiger partial charge in [0.25, 0.3) is 5.56 Å². The van der Waals surface area contributed by atoms with Crippen LogP contribution in [-0.2, 0) is 0 Å². The minimum atomic E-state index is -0.563. The van der Waals surface area contributed by atoms with Gasteiger partial charge in [-0.3, -0.25) is 14.2 Å². The van der Waals surface area contributed by atoms with E-state index in [0.717, 1.165) is 5.56 Å². The Labute approximate surface area is 168 Å². The molecule has 0 amide bonds. The molecule has 0 aliphatic heterocycles. The molecule has 0 atom stereocenters. The summed E-state index contributed by atoms with van der Waals surface area (Å²) in [6, 6.07) is 13.1. The van der Waals surface area contributed by atoms with Crippen LogP contribution in [0.2, 0.25) is 0 Å². The van der Waals surface area contributed by atoms with Crippen LogP contribution in [0.5, 0.6) is 5.88 Å². The van der Waals surface area contributed by atoms with Gasteiger partial charge in [-0.2, -0.15) is 15.5 Å². The summed E-state index contributed by atoms with van der Waals surface area (Å²) in [6.45, 7) is 2.05. The number of hydrogen-bond acceptors (Lipinski definition) is 8. The molecule has 0 bridgehead atoms. The fraction of sp³-hybridized carbons (Fsp3) is 0.105. The topological polar surface area (TPSA) is 160 Å². The molecule has 0 aliphatic rings. The fourth-order valence-electron chi connectivity index (χ4n) is 2.77. The molecule has 3 heterocycles. The van der Waals surface area contributed by atoms with Crippen molar-refractivity contribution in [2.75, 3.05) is 6.61 Å². The summed E-state index contributed by atoms with van der Waals surface area (Å²) in [5.74, 6) is 0.362. The SMILES string of the molecule is CCOc1c(N=Nc2nc(C#N)c(C#N)[nH]2)c(=O)[nH]c2nc(-c3ccccc3)cn12. The first-order valence-corrected chi connectivity index (χ1v) is 8.80. The number of aromatic nitrogens is 5. The van der Waals surface area contributed by atoms with Gasteiger partial charge in [0.1, 0.15) is 12.1 Å². The highest BCUT2D eigenvalue weighted by atomic mass is 16.5. The number of nitriles is 2. The number of azo groups is 1. The Morgan fingerprint density at radius 3 is 2.60 bits per heavy atom. The zero-order valence-corrected chi connectivity index (χ0v) is 15.6. The van der Waals surface area contributed by atoms with E-state index >= 15 is 0 Å². The Kier molecular flexibility index (Phi) is 4.77. The van der Waals surface area contributed by atoms with Crippen molar-refractivity contribution in [1.29, 1.82) is 10.5 Å². The Balaban J connectivity index is 1.83. The van der Waals surface area contributed by atoms with Crippen LogP contribution in [0, 0.1) is 22.7 Å². The molecular weight excluding hydrogens is 386 g/mol. The second kappa shape index (κ2) is 7.69. The van der Waals surface area contributed by atoms with Crippen LogP contribution >= 0.6 is 0 Å². The van der Waals surface area contributed by atoms with Gasteiger partial charge in [-0.05, 0) is 6.92 Å². The number of nitrogens with zero attached hydrogens (tertiary/aromatic N) is 7. The van der Waals surface area contributed by atoms with Crippen molar-refractivity contribution in [2.24, 2.45) is 10.2 Å². The molecule has 1 aromatic carbocycles. The van der Waals surface area contributed by atoms with E-state index in [1.165, 1.54) is 0 Å². The van der Waals surface area contributed by atoms with Crippen LogP contribution in [0.15, 0.2) is 51.6 Å².